The highest BCUT2D eigenvalue weighted by molar-refractivity contribution is 9.10. The zero-order valence-corrected chi connectivity index (χ0v) is 17.3. The lowest BCUT2D eigenvalue weighted by atomic mass is 10.2. The molecule has 1 saturated heterocycles. The van der Waals surface area contributed by atoms with Gasteiger partial charge in [-0.25, -0.2) is 9.78 Å². The van der Waals surface area contributed by atoms with E-state index >= 15 is 0 Å². The van der Waals surface area contributed by atoms with Gasteiger partial charge in [0, 0.05) is 6.17 Å². The minimum atomic E-state index is -1.66. The van der Waals surface area contributed by atoms with E-state index in [1.54, 1.807) is 23.1 Å². The molecule has 0 aromatic carbocycles. The van der Waals surface area contributed by atoms with Crippen LogP contribution in [0.4, 0.5) is 10.6 Å². The Kier molecular flexibility index (Phi) is 5.39. The molecular formula is C16H24BrN3O3Si. The summed E-state index contributed by atoms with van der Waals surface area (Å²) in [5, 5.41) is 2.80. The highest BCUT2D eigenvalue weighted by Crippen LogP contribution is 2.29. The minimum Gasteiger partial charge on any atom is -0.444 e. The molecule has 24 heavy (non-hydrogen) atoms. The van der Waals surface area contributed by atoms with Gasteiger partial charge in [-0.05, 0) is 54.9 Å². The normalized spacial score (nSPS) is 19.9. The second-order valence-corrected chi connectivity index (χ2v) is 13.7. The van der Waals surface area contributed by atoms with Crippen molar-refractivity contribution in [1.82, 2.24) is 9.88 Å². The quantitative estimate of drug-likeness (QED) is 0.593. The number of carbonyl (C=O) groups excluding carboxylic acids is 2. The number of rotatable bonds is 2. The third kappa shape index (κ3) is 5.04. The number of ether oxygens (including phenoxy) is 1. The van der Waals surface area contributed by atoms with E-state index in [1.807, 2.05) is 20.8 Å². The van der Waals surface area contributed by atoms with E-state index in [2.05, 4.69) is 39.3 Å². The average molecular weight is 414 g/mol. The van der Waals surface area contributed by atoms with Crippen molar-refractivity contribution in [3.05, 3.63) is 22.8 Å². The molecule has 1 aliphatic heterocycles. The number of amides is 2. The molecule has 2 heterocycles. The van der Waals surface area contributed by atoms with Gasteiger partial charge in [0.25, 0.3) is 0 Å². The average Bonchev–Trinajstić information content (AvgIpc) is 2.73. The lowest BCUT2D eigenvalue weighted by molar-refractivity contribution is -0.120. The first kappa shape index (κ1) is 18.9. The van der Waals surface area contributed by atoms with Gasteiger partial charge >= 0.3 is 6.09 Å². The van der Waals surface area contributed by atoms with Gasteiger partial charge in [0.2, 0.25) is 5.91 Å². The van der Waals surface area contributed by atoms with Gasteiger partial charge in [0.1, 0.15) is 22.1 Å². The van der Waals surface area contributed by atoms with Crippen molar-refractivity contribution in [2.45, 2.75) is 51.6 Å². The fourth-order valence-electron chi connectivity index (χ4n) is 2.70. The third-order valence-electron chi connectivity index (χ3n) is 3.62. The largest absolute Gasteiger partial charge is 0.444 e. The summed E-state index contributed by atoms with van der Waals surface area (Å²) >= 11 is 3.28. The predicted molar refractivity (Wildman–Crippen MR) is 99.6 cm³/mol. The van der Waals surface area contributed by atoms with Gasteiger partial charge in [-0.15, -0.1) is 0 Å². The molecule has 2 amide bonds. The van der Waals surface area contributed by atoms with Crippen LogP contribution in [0.5, 0.6) is 0 Å². The van der Waals surface area contributed by atoms with Crippen LogP contribution in [0.1, 0.15) is 20.8 Å². The summed E-state index contributed by atoms with van der Waals surface area (Å²) in [5.41, 5.74) is -0.585. The van der Waals surface area contributed by atoms with Crippen LogP contribution >= 0.6 is 15.9 Å². The maximum Gasteiger partial charge on any atom is 0.410 e. The third-order valence-corrected chi connectivity index (χ3v) is 6.75. The van der Waals surface area contributed by atoms with E-state index in [0.29, 0.717) is 22.6 Å². The van der Waals surface area contributed by atoms with E-state index in [1.165, 1.54) is 0 Å². The Balaban J connectivity index is 2.15. The number of hydrogen-bond donors (Lipinski definition) is 1. The van der Waals surface area contributed by atoms with Gasteiger partial charge < -0.3 is 10.1 Å². The van der Waals surface area contributed by atoms with Crippen LogP contribution in [0.2, 0.25) is 19.1 Å². The second kappa shape index (κ2) is 6.83. The molecule has 0 unspecified atom stereocenters. The Morgan fingerprint density at radius 3 is 2.62 bits per heavy atom. The zero-order chi connectivity index (χ0) is 18.1. The number of nitrogens with zero attached hydrogens (tertiary/aromatic N) is 2. The van der Waals surface area contributed by atoms with Crippen LogP contribution in [-0.4, -0.2) is 47.8 Å². The van der Waals surface area contributed by atoms with Gasteiger partial charge in [-0.1, -0.05) is 19.2 Å². The lowest BCUT2D eigenvalue weighted by Crippen LogP contribution is -2.45. The Morgan fingerprint density at radius 2 is 2.04 bits per heavy atom. The number of anilines is 1. The second-order valence-electron chi connectivity index (χ2n) is 7.83. The minimum absolute atomic E-state index is 0.218. The Labute approximate surface area is 152 Å². The van der Waals surface area contributed by atoms with Crippen LogP contribution in [0.3, 0.4) is 0 Å². The number of aromatic nitrogens is 1. The van der Waals surface area contributed by atoms with Crippen molar-refractivity contribution in [1.29, 1.82) is 0 Å². The van der Waals surface area contributed by atoms with Gasteiger partial charge in [0.15, 0.2) is 0 Å². The van der Waals surface area contributed by atoms with Crippen LogP contribution < -0.4 is 5.32 Å². The summed E-state index contributed by atoms with van der Waals surface area (Å²) in [6.07, 6.45) is 0.189. The number of pyridine rings is 1. The van der Waals surface area contributed by atoms with Crippen molar-refractivity contribution >= 4 is 41.8 Å². The molecule has 0 spiro atoms. The number of carbonyl (C=O) groups is 2. The van der Waals surface area contributed by atoms with E-state index < -0.39 is 25.8 Å². The molecule has 0 radical (unpaired) electrons. The van der Waals surface area contributed by atoms with Crippen LogP contribution in [0.25, 0.3) is 0 Å². The Bertz CT molecular complexity index is 646. The standard InChI is InChI=1S/C16H24BrN3O3Si/c1-16(2,3)23-15(22)20-10-24(4,5)9-11(20)14(21)19-13-8-6-7-12(17)18-13/h6-8,11H,9-10H2,1-5H3,(H,18,19,21)/t11-/m0/s1. The van der Waals surface area contributed by atoms with Crippen molar-refractivity contribution < 1.29 is 14.3 Å². The summed E-state index contributed by atoms with van der Waals surface area (Å²) in [6.45, 7) is 9.82. The Morgan fingerprint density at radius 1 is 1.38 bits per heavy atom. The van der Waals surface area contributed by atoms with E-state index in [-0.39, 0.29) is 5.91 Å². The first-order valence-corrected chi connectivity index (χ1v) is 12.1. The summed E-state index contributed by atoms with van der Waals surface area (Å²) in [5.74, 6) is 0.245. The molecule has 132 valence electrons. The maximum atomic E-state index is 12.7. The molecule has 0 bridgehead atoms. The molecule has 1 fully saturated rings. The van der Waals surface area contributed by atoms with Gasteiger partial charge in [0.05, 0.1) is 8.07 Å². The molecule has 1 aliphatic rings. The molecule has 8 heteroatoms. The van der Waals surface area contributed by atoms with Gasteiger partial charge in [-0.2, -0.15) is 0 Å². The zero-order valence-electron chi connectivity index (χ0n) is 14.7. The molecule has 1 atom stereocenters. The number of hydrogen-bond acceptors (Lipinski definition) is 4. The molecule has 6 nitrogen and oxygen atoms in total. The van der Waals surface area contributed by atoms with Crippen LogP contribution in [0.15, 0.2) is 22.8 Å². The molecular weight excluding hydrogens is 390 g/mol. The van der Waals surface area contributed by atoms with E-state index in [4.69, 9.17) is 4.74 Å². The molecule has 2 rings (SSSR count). The van der Waals surface area contributed by atoms with Crippen LogP contribution in [-0.2, 0) is 9.53 Å². The monoisotopic (exact) mass is 413 g/mol. The first-order chi connectivity index (χ1) is 11.0. The Hall–Kier alpha value is -1.41. The summed E-state index contributed by atoms with van der Waals surface area (Å²) in [6, 6.07) is 5.51. The van der Waals surface area contributed by atoms with Crippen LogP contribution in [0, 0.1) is 0 Å². The van der Waals surface area contributed by atoms with Crippen molar-refractivity contribution in [3.8, 4) is 0 Å². The van der Waals surface area contributed by atoms with E-state index in [9.17, 15) is 9.59 Å². The summed E-state index contributed by atoms with van der Waals surface area (Å²) in [7, 11) is -1.66. The molecule has 0 saturated carbocycles. The fraction of sp³-hybridized carbons (Fsp3) is 0.562. The molecule has 1 N–H and O–H groups in total. The van der Waals surface area contributed by atoms with Crippen molar-refractivity contribution in [2.24, 2.45) is 0 Å². The molecule has 1 aromatic rings. The molecule has 1 aromatic heterocycles. The molecule has 0 aliphatic carbocycles. The van der Waals surface area contributed by atoms with Crippen molar-refractivity contribution in [2.75, 3.05) is 11.5 Å². The SMILES string of the molecule is CC(C)(C)OC(=O)N1C[Si](C)(C)C[C@H]1C(=O)Nc1cccc(Br)n1. The fourth-order valence-corrected chi connectivity index (χ4v) is 5.90. The summed E-state index contributed by atoms with van der Waals surface area (Å²) < 4.78 is 6.11. The lowest BCUT2D eigenvalue weighted by Gasteiger charge is -2.28. The maximum absolute atomic E-state index is 12.7. The summed E-state index contributed by atoms with van der Waals surface area (Å²) in [4.78, 5) is 31.0. The highest BCUT2D eigenvalue weighted by atomic mass is 79.9. The predicted octanol–water partition coefficient (Wildman–Crippen LogP) is 3.65. The smallest absolute Gasteiger partial charge is 0.410 e. The highest BCUT2D eigenvalue weighted by Gasteiger charge is 2.46. The van der Waals surface area contributed by atoms with E-state index in [0.717, 1.165) is 0 Å². The topological polar surface area (TPSA) is 71.5 Å². The number of halogens is 1. The number of nitrogens with one attached hydrogen (secondary N) is 1. The van der Waals surface area contributed by atoms with Gasteiger partial charge in [-0.3, -0.25) is 9.69 Å². The first-order valence-electron chi connectivity index (χ1n) is 7.90. The van der Waals surface area contributed by atoms with Crippen molar-refractivity contribution in [3.63, 3.8) is 0 Å².